The van der Waals surface area contributed by atoms with E-state index in [0.717, 1.165) is 24.8 Å². The Balaban J connectivity index is 2.43. The zero-order valence-corrected chi connectivity index (χ0v) is 6.05. The van der Waals surface area contributed by atoms with Gasteiger partial charge in [0, 0.05) is 13.0 Å². The first-order valence-electron chi connectivity index (χ1n) is 3.40. The molecule has 1 heterocycles. The molecule has 1 unspecified atom stereocenters. The Hall–Kier alpha value is -0.530. The van der Waals surface area contributed by atoms with Gasteiger partial charge in [0.15, 0.2) is 5.90 Å². The van der Waals surface area contributed by atoms with Crippen LogP contribution in [0, 0.1) is 5.92 Å². The lowest BCUT2D eigenvalue weighted by Crippen LogP contribution is -2.14. The second-order valence-electron chi connectivity index (χ2n) is 2.58. The number of aliphatic imine (C=N–C) groups is 1. The Kier molecular flexibility index (Phi) is 2.09. The molecule has 1 rings (SSSR count). The fraction of sp³-hybridized carbons (Fsp3) is 0.857. The fourth-order valence-electron chi connectivity index (χ4n) is 1.02. The van der Waals surface area contributed by atoms with Gasteiger partial charge >= 0.3 is 0 Å². The van der Waals surface area contributed by atoms with E-state index in [0.29, 0.717) is 0 Å². The lowest BCUT2D eigenvalue weighted by molar-refractivity contribution is 0.359. The van der Waals surface area contributed by atoms with Crippen molar-refractivity contribution in [3.63, 3.8) is 0 Å². The molecule has 0 aliphatic carbocycles. The Bertz CT molecular complexity index is 120. The zero-order valence-electron chi connectivity index (χ0n) is 6.05. The fourth-order valence-corrected chi connectivity index (χ4v) is 1.02. The van der Waals surface area contributed by atoms with E-state index in [2.05, 4.69) is 11.9 Å². The standard InChI is InChI=1S/C7H13NO/c1-6-3-4-8-7(5-6)9-2/h6H,3-5H2,1-2H3. The summed E-state index contributed by atoms with van der Waals surface area (Å²) in [4.78, 5) is 4.19. The number of hydrogen-bond donors (Lipinski definition) is 0. The lowest BCUT2D eigenvalue weighted by Gasteiger charge is -2.15. The van der Waals surface area contributed by atoms with Crippen molar-refractivity contribution in [3.8, 4) is 0 Å². The third kappa shape index (κ3) is 1.70. The molecule has 0 saturated carbocycles. The maximum absolute atomic E-state index is 5.01. The second-order valence-corrected chi connectivity index (χ2v) is 2.58. The first kappa shape index (κ1) is 6.59. The van der Waals surface area contributed by atoms with Gasteiger partial charge in [0.05, 0.1) is 7.11 Å². The third-order valence-electron chi connectivity index (χ3n) is 1.67. The highest BCUT2D eigenvalue weighted by molar-refractivity contribution is 5.76. The summed E-state index contributed by atoms with van der Waals surface area (Å²) in [5.41, 5.74) is 0. The maximum Gasteiger partial charge on any atom is 0.183 e. The molecule has 0 N–H and O–H groups in total. The highest BCUT2D eigenvalue weighted by atomic mass is 16.5. The van der Waals surface area contributed by atoms with E-state index in [1.165, 1.54) is 6.42 Å². The molecule has 0 radical (unpaired) electrons. The van der Waals surface area contributed by atoms with Crippen molar-refractivity contribution in [1.82, 2.24) is 0 Å². The molecular weight excluding hydrogens is 114 g/mol. The highest BCUT2D eigenvalue weighted by Gasteiger charge is 2.11. The third-order valence-corrected chi connectivity index (χ3v) is 1.67. The van der Waals surface area contributed by atoms with E-state index in [9.17, 15) is 0 Å². The van der Waals surface area contributed by atoms with Gasteiger partial charge in [0.1, 0.15) is 0 Å². The highest BCUT2D eigenvalue weighted by Crippen LogP contribution is 2.13. The van der Waals surface area contributed by atoms with Crippen LogP contribution in [0.2, 0.25) is 0 Å². The first-order valence-corrected chi connectivity index (χ1v) is 3.40. The van der Waals surface area contributed by atoms with E-state index >= 15 is 0 Å². The lowest BCUT2D eigenvalue weighted by atomic mass is 10.0. The van der Waals surface area contributed by atoms with Gasteiger partial charge in [0.25, 0.3) is 0 Å². The molecule has 52 valence electrons. The van der Waals surface area contributed by atoms with Crippen LogP contribution in [0.4, 0.5) is 0 Å². The van der Waals surface area contributed by atoms with Crippen molar-refractivity contribution in [2.24, 2.45) is 10.9 Å². The monoisotopic (exact) mass is 127 g/mol. The quantitative estimate of drug-likeness (QED) is 0.482. The predicted octanol–water partition coefficient (Wildman–Crippen LogP) is 1.46. The van der Waals surface area contributed by atoms with Crippen molar-refractivity contribution in [1.29, 1.82) is 0 Å². The molecule has 0 aromatic carbocycles. The van der Waals surface area contributed by atoms with Crippen LogP contribution < -0.4 is 0 Å². The summed E-state index contributed by atoms with van der Waals surface area (Å²) < 4.78 is 5.01. The SMILES string of the molecule is COC1=NCCC(C)C1. The summed E-state index contributed by atoms with van der Waals surface area (Å²) >= 11 is 0. The summed E-state index contributed by atoms with van der Waals surface area (Å²) in [6, 6.07) is 0. The molecule has 0 spiro atoms. The van der Waals surface area contributed by atoms with Gasteiger partial charge in [-0.25, -0.2) is 0 Å². The van der Waals surface area contributed by atoms with E-state index in [1.54, 1.807) is 7.11 Å². The van der Waals surface area contributed by atoms with Gasteiger partial charge in [-0.15, -0.1) is 0 Å². The molecule has 0 aromatic rings. The molecule has 1 aliphatic heterocycles. The Labute approximate surface area is 55.9 Å². The minimum Gasteiger partial charge on any atom is -0.484 e. The average Bonchev–Trinajstić information content (AvgIpc) is 1.88. The molecule has 2 nitrogen and oxygen atoms in total. The second kappa shape index (κ2) is 2.85. The van der Waals surface area contributed by atoms with Gasteiger partial charge in [-0.2, -0.15) is 0 Å². The molecule has 2 heteroatoms. The Morgan fingerprint density at radius 1 is 1.67 bits per heavy atom. The van der Waals surface area contributed by atoms with Gasteiger partial charge < -0.3 is 4.74 Å². The van der Waals surface area contributed by atoms with Crippen LogP contribution in [0.3, 0.4) is 0 Å². The summed E-state index contributed by atoms with van der Waals surface area (Å²) in [6.07, 6.45) is 2.24. The van der Waals surface area contributed by atoms with Crippen LogP contribution in [0.1, 0.15) is 19.8 Å². The maximum atomic E-state index is 5.01. The molecule has 0 amide bonds. The molecule has 0 fully saturated rings. The van der Waals surface area contributed by atoms with Crippen molar-refractivity contribution in [2.75, 3.05) is 13.7 Å². The molecule has 0 saturated heterocycles. The van der Waals surface area contributed by atoms with Crippen molar-refractivity contribution in [3.05, 3.63) is 0 Å². The number of methoxy groups -OCH3 is 1. The van der Waals surface area contributed by atoms with Crippen LogP contribution in [0.15, 0.2) is 4.99 Å². The molecule has 9 heavy (non-hydrogen) atoms. The summed E-state index contributed by atoms with van der Waals surface area (Å²) in [6.45, 7) is 3.18. The van der Waals surface area contributed by atoms with E-state index in [-0.39, 0.29) is 0 Å². The molecule has 1 aliphatic rings. The predicted molar refractivity (Wildman–Crippen MR) is 37.7 cm³/mol. The van der Waals surface area contributed by atoms with Crippen LogP contribution in [-0.2, 0) is 4.74 Å². The number of nitrogens with zero attached hydrogens (tertiary/aromatic N) is 1. The summed E-state index contributed by atoms with van der Waals surface area (Å²) in [5.74, 6) is 1.69. The summed E-state index contributed by atoms with van der Waals surface area (Å²) in [7, 11) is 1.69. The van der Waals surface area contributed by atoms with Gasteiger partial charge in [-0.05, 0) is 12.3 Å². The Morgan fingerprint density at radius 2 is 2.44 bits per heavy atom. The molecular formula is C7H13NO. The van der Waals surface area contributed by atoms with Gasteiger partial charge in [-0.3, -0.25) is 4.99 Å². The minimum atomic E-state index is 0.762. The number of rotatable bonds is 0. The van der Waals surface area contributed by atoms with Crippen LogP contribution in [0.25, 0.3) is 0 Å². The number of hydrogen-bond acceptors (Lipinski definition) is 2. The van der Waals surface area contributed by atoms with E-state index in [1.807, 2.05) is 0 Å². The van der Waals surface area contributed by atoms with Crippen molar-refractivity contribution in [2.45, 2.75) is 19.8 Å². The van der Waals surface area contributed by atoms with Crippen molar-refractivity contribution < 1.29 is 4.74 Å². The smallest absolute Gasteiger partial charge is 0.183 e. The van der Waals surface area contributed by atoms with Crippen molar-refractivity contribution >= 4 is 5.90 Å². The van der Waals surface area contributed by atoms with Crippen LogP contribution in [0.5, 0.6) is 0 Å². The average molecular weight is 127 g/mol. The van der Waals surface area contributed by atoms with Crippen LogP contribution in [-0.4, -0.2) is 19.6 Å². The Morgan fingerprint density at radius 3 is 2.89 bits per heavy atom. The number of ether oxygens (including phenoxy) is 1. The largest absolute Gasteiger partial charge is 0.484 e. The van der Waals surface area contributed by atoms with Crippen LogP contribution >= 0.6 is 0 Å². The minimum absolute atomic E-state index is 0.762. The molecule has 1 atom stereocenters. The first-order chi connectivity index (χ1) is 4.33. The molecule has 0 aromatic heterocycles. The van der Waals surface area contributed by atoms with E-state index in [4.69, 9.17) is 4.74 Å². The van der Waals surface area contributed by atoms with E-state index < -0.39 is 0 Å². The van der Waals surface area contributed by atoms with Gasteiger partial charge in [0.2, 0.25) is 0 Å². The molecule has 0 bridgehead atoms. The zero-order chi connectivity index (χ0) is 6.69. The summed E-state index contributed by atoms with van der Waals surface area (Å²) in [5, 5.41) is 0. The van der Waals surface area contributed by atoms with Gasteiger partial charge in [-0.1, -0.05) is 6.92 Å². The normalized spacial score (nSPS) is 27.3. The topological polar surface area (TPSA) is 21.6 Å².